The highest BCUT2D eigenvalue weighted by Crippen LogP contribution is 2.29. The number of hydrogen-bond donors (Lipinski definition) is 0. The normalized spacial score (nSPS) is 16.6. The number of nitro benzene ring substituents is 1. The van der Waals surface area contributed by atoms with Gasteiger partial charge in [0.1, 0.15) is 5.82 Å². The van der Waals surface area contributed by atoms with Crippen LogP contribution >= 0.6 is 0 Å². The van der Waals surface area contributed by atoms with E-state index in [4.69, 9.17) is 0 Å². The number of non-ortho nitro benzene ring substituents is 1. The van der Waals surface area contributed by atoms with Crippen molar-refractivity contribution < 1.29 is 22.5 Å². The van der Waals surface area contributed by atoms with Crippen molar-refractivity contribution in [2.24, 2.45) is 5.92 Å². The monoisotopic (exact) mass is 449 g/mol. The van der Waals surface area contributed by atoms with E-state index in [9.17, 15) is 27.7 Å². The number of nitrogens with zero attached hydrogens (tertiary/aromatic N) is 3. The van der Waals surface area contributed by atoms with Crippen LogP contribution in [-0.4, -0.2) is 48.6 Å². The molecule has 3 rings (SSSR count). The van der Waals surface area contributed by atoms with E-state index in [0.717, 1.165) is 12.1 Å². The van der Waals surface area contributed by atoms with Gasteiger partial charge in [0.25, 0.3) is 5.69 Å². The Morgan fingerprint density at radius 3 is 2.39 bits per heavy atom. The molecule has 1 unspecified atom stereocenters. The lowest BCUT2D eigenvalue weighted by molar-refractivity contribution is -0.384. The zero-order valence-electron chi connectivity index (χ0n) is 17.3. The number of sulfonamides is 1. The summed E-state index contributed by atoms with van der Waals surface area (Å²) >= 11 is 0. The molecular weight excluding hydrogens is 425 g/mol. The standard InChI is InChI=1S/C21H24FN3O5S/c1-15(17-4-3-5-19(14-17)25(27)28)23(2)21(26)16-10-12-24(13-11-16)31(29,30)20-8-6-18(22)7-9-20/h3-9,14-16H,10-13H2,1-2H3. The maximum Gasteiger partial charge on any atom is 0.269 e. The topological polar surface area (TPSA) is 101 Å². The Bertz CT molecular complexity index is 1070. The smallest absolute Gasteiger partial charge is 0.269 e. The Morgan fingerprint density at radius 1 is 1.19 bits per heavy atom. The molecule has 1 heterocycles. The summed E-state index contributed by atoms with van der Waals surface area (Å²) in [5.74, 6) is -0.979. The summed E-state index contributed by atoms with van der Waals surface area (Å²) < 4.78 is 39.9. The van der Waals surface area contributed by atoms with Gasteiger partial charge in [-0.15, -0.1) is 0 Å². The van der Waals surface area contributed by atoms with Gasteiger partial charge < -0.3 is 4.90 Å². The van der Waals surface area contributed by atoms with Crippen molar-refractivity contribution in [2.75, 3.05) is 20.1 Å². The highest BCUT2D eigenvalue weighted by Gasteiger charge is 2.34. The van der Waals surface area contributed by atoms with Gasteiger partial charge in [0.15, 0.2) is 0 Å². The minimum absolute atomic E-state index is 0.0232. The fraction of sp³-hybridized carbons (Fsp3) is 0.381. The lowest BCUT2D eigenvalue weighted by Gasteiger charge is -2.34. The van der Waals surface area contributed by atoms with Crippen molar-refractivity contribution in [2.45, 2.75) is 30.7 Å². The second kappa shape index (κ2) is 9.11. The van der Waals surface area contributed by atoms with Crippen LogP contribution in [-0.2, 0) is 14.8 Å². The first kappa shape index (κ1) is 22.8. The molecule has 0 radical (unpaired) electrons. The van der Waals surface area contributed by atoms with E-state index in [1.165, 1.54) is 28.6 Å². The van der Waals surface area contributed by atoms with E-state index >= 15 is 0 Å². The van der Waals surface area contributed by atoms with Crippen LogP contribution in [0.5, 0.6) is 0 Å². The van der Waals surface area contributed by atoms with Crippen molar-refractivity contribution in [1.82, 2.24) is 9.21 Å². The van der Waals surface area contributed by atoms with Gasteiger partial charge in [-0.3, -0.25) is 14.9 Å². The predicted molar refractivity (Wildman–Crippen MR) is 112 cm³/mol. The Kier molecular flexibility index (Phi) is 6.71. The molecule has 1 atom stereocenters. The maximum atomic E-state index is 13.1. The first-order valence-electron chi connectivity index (χ1n) is 9.88. The van der Waals surface area contributed by atoms with Gasteiger partial charge in [-0.25, -0.2) is 12.8 Å². The SMILES string of the molecule is CC(c1cccc([N+](=O)[O-])c1)N(C)C(=O)C1CCN(S(=O)(=O)c2ccc(F)cc2)CC1. The number of halogens is 1. The van der Waals surface area contributed by atoms with Gasteiger partial charge in [0, 0.05) is 38.2 Å². The Hall–Kier alpha value is -2.85. The van der Waals surface area contributed by atoms with Crippen molar-refractivity contribution >= 4 is 21.6 Å². The highest BCUT2D eigenvalue weighted by molar-refractivity contribution is 7.89. The molecule has 2 aromatic rings. The van der Waals surface area contributed by atoms with Crippen LogP contribution in [0.2, 0.25) is 0 Å². The molecule has 10 heteroatoms. The third-order valence-corrected chi connectivity index (χ3v) is 7.66. The van der Waals surface area contributed by atoms with Gasteiger partial charge in [0.05, 0.1) is 15.9 Å². The average Bonchev–Trinajstić information content (AvgIpc) is 2.78. The number of carbonyl (C=O) groups excluding carboxylic acids is 1. The number of piperidine rings is 1. The number of nitro groups is 1. The number of benzene rings is 2. The van der Waals surface area contributed by atoms with Gasteiger partial charge in [0.2, 0.25) is 15.9 Å². The summed E-state index contributed by atoms with van der Waals surface area (Å²) in [6, 6.07) is 10.5. The second-order valence-electron chi connectivity index (χ2n) is 7.61. The van der Waals surface area contributed by atoms with Gasteiger partial charge in [-0.1, -0.05) is 12.1 Å². The van der Waals surface area contributed by atoms with Crippen LogP contribution in [0.15, 0.2) is 53.4 Å². The fourth-order valence-electron chi connectivity index (χ4n) is 3.70. The molecule has 0 aliphatic carbocycles. The molecule has 2 aromatic carbocycles. The van der Waals surface area contributed by atoms with Crippen molar-refractivity contribution in [3.63, 3.8) is 0 Å². The second-order valence-corrected chi connectivity index (χ2v) is 9.55. The quantitative estimate of drug-likeness (QED) is 0.497. The van der Waals surface area contributed by atoms with Gasteiger partial charge >= 0.3 is 0 Å². The zero-order valence-corrected chi connectivity index (χ0v) is 18.1. The van der Waals surface area contributed by atoms with Crippen LogP contribution < -0.4 is 0 Å². The average molecular weight is 450 g/mol. The third-order valence-electron chi connectivity index (χ3n) is 5.75. The number of amides is 1. The Morgan fingerprint density at radius 2 is 1.81 bits per heavy atom. The van der Waals surface area contributed by atoms with Gasteiger partial charge in [-0.05, 0) is 49.6 Å². The van der Waals surface area contributed by atoms with E-state index in [1.54, 1.807) is 31.0 Å². The first-order valence-corrected chi connectivity index (χ1v) is 11.3. The van der Waals surface area contributed by atoms with Crippen molar-refractivity contribution in [3.8, 4) is 0 Å². The number of rotatable bonds is 6. The lowest BCUT2D eigenvalue weighted by Crippen LogP contribution is -2.43. The molecule has 1 aliphatic rings. The van der Waals surface area contributed by atoms with Crippen LogP contribution in [0.4, 0.5) is 10.1 Å². The molecule has 166 valence electrons. The summed E-state index contributed by atoms with van der Waals surface area (Å²) in [7, 11) is -2.10. The molecule has 31 heavy (non-hydrogen) atoms. The largest absolute Gasteiger partial charge is 0.339 e. The highest BCUT2D eigenvalue weighted by atomic mass is 32.2. The Balaban J connectivity index is 1.65. The van der Waals surface area contributed by atoms with E-state index in [1.807, 2.05) is 0 Å². The molecule has 0 bridgehead atoms. The summed E-state index contributed by atoms with van der Waals surface area (Å²) in [6.07, 6.45) is 0.733. The Labute approximate surface area is 180 Å². The number of hydrogen-bond acceptors (Lipinski definition) is 5. The molecule has 1 saturated heterocycles. The molecule has 1 amide bonds. The fourth-order valence-corrected chi connectivity index (χ4v) is 5.17. The summed E-state index contributed by atoms with van der Waals surface area (Å²) in [4.78, 5) is 25.1. The molecule has 0 spiro atoms. The van der Waals surface area contributed by atoms with Crippen LogP contribution in [0, 0.1) is 21.8 Å². The number of carbonyl (C=O) groups is 1. The third kappa shape index (κ3) is 4.91. The van der Waals surface area contributed by atoms with Crippen LogP contribution in [0.25, 0.3) is 0 Å². The first-order chi connectivity index (χ1) is 14.6. The summed E-state index contributed by atoms with van der Waals surface area (Å²) in [5.41, 5.74) is 0.617. The van der Waals surface area contributed by atoms with Gasteiger partial charge in [-0.2, -0.15) is 4.31 Å². The van der Waals surface area contributed by atoms with Crippen LogP contribution in [0.3, 0.4) is 0 Å². The maximum absolute atomic E-state index is 13.1. The summed E-state index contributed by atoms with van der Waals surface area (Å²) in [5, 5.41) is 11.0. The lowest BCUT2D eigenvalue weighted by atomic mass is 9.95. The molecule has 0 saturated carbocycles. The summed E-state index contributed by atoms with van der Waals surface area (Å²) in [6.45, 7) is 2.18. The molecule has 0 aromatic heterocycles. The van der Waals surface area contributed by atoms with Crippen LogP contribution in [0.1, 0.15) is 31.4 Å². The van der Waals surface area contributed by atoms with E-state index in [0.29, 0.717) is 18.4 Å². The minimum atomic E-state index is -3.74. The molecular formula is C21H24FN3O5S. The molecule has 8 nitrogen and oxygen atoms in total. The molecule has 0 N–H and O–H groups in total. The van der Waals surface area contributed by atoms with E-state index in [2.05, 4.69) is 0 Å². The molecule has 1 aliphatic heterocycles. The predicted octanol–water partition coefficient (Wildman–Crippen LogP) is 3.35. The van der Waals surface area contributed by atoms with E-state index in [-0.39, 0.29) is 41.5 Å². The minimum Gasteiger partial charge on any atom is -0.339 e. The van der Waals surface area contributed by atoms with Crippen molar-refractivity contribution in [3.05, 3.63) is 70.0 Å². The van der Waals surface area contributed by atoms with Crippen molar-refractivity contribution in [1.29, 1.82) is 0 Å². The van der Waals surface area contributed by atoms with E-state index < -0.39 is 20.8 Å². The zero-order chi connectivity index (χ0) is 22.8. The molecule has 1 fully saturated rings.